The summed E-state index contributed by atoms with van der Waals surface area (Å²) in [5.41, 5.74) is 4.47. The fraction of sp³-hybridized carbons (Fsp3) is 0.269. The molecule has 0 saturated heterocycles. The highest BCUT2D eigenvalue weighted by Gasteiger charge is 2.37. The molecule has 30 heavy (non-hydrogen) atoms. The van der Waals surface area contributed by atoms with E-state index in [2.05, 4.69) is 86.2 Å². The Labute approximate surface area is 181 Å². The first-order valence-electron chi connectivity index (χ1n) is 10.4. The van der Waals surface area contributed by atoms with Gasteiger partial charge in [0.2, 0.25) is 0 Å². The molecule has 0 saturated carbocycles. The number of nitrogens with zero attached hydrogens (tertiary/aromatic N) is 1. The lowest BCUT2D eigenvalue weighted by Gasteiger charge is -2.33. The Morgan fingerprint density at radius 3 is 1.77 bits per heavy atom. The van der Waals surface area contributed by atoms with Crippen molar-refractivity contribution in [2.45, 2.75) is 40.3 Å². The molecule has 0 aliphatic carbocycles. The van der Waals surface area contributed by atoms with Crippen molar-refractivity contribution in [1.29, 1.82) is 0 Å². The highest BCUT2D eigenvalue weighted by atomic mass is 28.4. The van der Waals surface area contributed by atoms with Crippen LogP contribution in [-0.2, 0) is 9.26 Å². The molecule has 0 aromatic heterocycles. The lowest BCUT2D eigenvalue weighted by Crippen LogP contribution is -2.59. The van der Waals surface area contributed by atoms with E-state index < -0.39 is 8.32 Å². The Kier molecular flexibility index (Phi) is 7.24. The summed E-state index contributed by atoms with van der Waals surface area (Å²) in [7, 11) is -2.50. The van der Waals surface area contributed by atoms with Crippen molar-refractivity contribution in [2.75, 3.05) is 6.61 Å². The summed E-state index contributed by atoms with van der Waals surface area (Å²) < 4.78 is 7.00. The highest BCUT2D eigenvalue weighted by Crippen LogP contribution is 2.23. The molecule has 0 spiro atoms. The average molecular weight is 418 g/mol. The monoisotopic (exact) mass is 417 g/mol. The number of hydrogen-bond donors (Lipinski definition) is 0. The molecule has 0 aliphatic rings. The summed E-state index contributed by atoms with van der Waals surface area (Å²) >= 11 is 0. The van der Waals surface area contributed by atoms with Crippen LogP contribution < -0.4 is 10.4 Å². The van der Waals surface area contributed by atoms with Gasteiger partial charge < -0.3 is 9.26 Å². The molecule has 3 aromatic carbocycles. The normalized spacial score (nSPS) is 12.3. The summed E-state index contributed by atoms with van der Waals surface area (Å²) in [6.07, 6.45) is -0.214. The third kappa shape index (κ3) is 5.46. The molecule has 0 unspecified atom stereocenters. The maximum absolute atomic E-state index is 7.00. The standard InChI is InChI=1S/C26H31NO2Si/c1-20(2)27-28-19-26(23-9-7-6-8-10-23)29-30(5,24-15-11-21(3)12-16-24)25-17-13-22(4)14-18-25/h6-18,26H,19H2,1-5H3/t26-/m0/s1. The number of oxime groups is 1. The van der Waals surface area contributed by atoms with Gasteiger partial charge in [0, 0.05) is 0 Å². The summed E-state index contributed by atoms with van der Waals surface area (Å²) in [5, 5.41) is 6.63. The van der Waals surface area contributed by atoms with Crippen LogP contribution in [0.3, 0.4) is 0 Å². The summed E-state index contributed by atoms with van der Waals surface area (Å²) in [5.74, 6) is 0. The third-order valence-corrected chi connectivity index (χ3v) is 8.85. The minimum atomic E-state index is -2.50. The number of rotatable bonds is 8. The Hall–Kier alpha value is -2.69. The van der Waals surface area contributed by atoms with Crippen LogP contribution in [0, 0.1) is 13.8 Å². The van der Waals surface area contributed by atoms with E-state index in [0.717, 1.165) is 11.3 Å². The van der Waals surface area contributed by atoms with E-state index in [1.165, 1.54) is 21.5 Å². The van der Waals surface area contributed by atoms with Crippen LogP contribution >= 0.6 is 0 Å². The van der Waals surface area contributed by atoms with E-state index in [1.54, 1.807) is 0 Å². The molecule has 156 valence electrons. The predicted molar refractivity (Wildman–Crippen MR) is 128 cm³/mol. The van der Waals surface area contributed by atoms with E-state index in [4.69, 9.17) is 9.26 Å². The van der Waals surface area contributed by atoms with Gasteiger partial charge in [0.25, 0.3) is 8.32 Å². The molecule has 3 aromatic rings. The van der Waals surface area contributed by atoms with Gasteiger partial charge >= 0.3 is 0 Å². The quantitative estimate of drug-likeness (QED) is 0.288. The van der Waals surface area contributed by atoms with E-state index in [-0.39, 0.29) is 6.10 Å². The van der Waals surface area contributed by atoms with Gasteiger partial charge in [-0.3, -0.25) is 0 Å². The Balaban J connectivity index is 2.02. The van der Waals surface area contributed by atoms with Crippen molar-refractivity contribution in [3.05, 3.63) is 95.6 Å². The second-order valence-electron chi connectivity index (χ2n) is 8.12. The molecule has 0 fully saturated rings. The maximum Gasteiger partial charge on any atom is 0.253 e. The number of benzene rings is 3. The van der Waals surface area contributed by atoms with Crippen LogP contribution in [0.4, 0.5) is 0 Å². The molecule has 4 heteroatoms. The van der Waals surface area contributed by atoms with Gasteiger partial charge in [0.15, 0.2) is 0 Å². The summed E-state index contributed by atoms with van der Waals surface area (Å²) in [4.78, 5) is 5.65. The molecule has 3 nitrogen and oxygen atoms in total. The zero-order valence-corrected chi connectivity index (χ0v) is 19.6. The topological polar surface area (TPSA) is 30.8 Å². The lowest BCUT2D eigenvalue weighted by molar-refractivity contribution is 0.0511. The molecule has 0 amide bonds. The Bertz CT molecular complexity index is 917. The van der Waals surface area contributed by atoms with Crippen molar-refractivity contribution >= 4 is 24.4 Å². The fourth-order valence-corrected chi connectivity index (χ4v) is 6.41. The number of aryl methyl sites for hydroxylation is 2. The van der Waals surface area contributed by atoms with Crippen LogP contribution in [0.15, 0.2) is 84.0 Å². The van der Waals surface area contributed by atoms with E-state index >= 15 is 0 Å². The van der Waals surface area contributed by atoms with Crippen LogP contribution in [0.5, 0.6) is 0 Å². The van der Waals surface area contributed by atoms with E-state index in [0.29, 0.717) is 6.61 Å². The van der Waals surface area contributed by atoms with Gasteiger partial charge in [0.1, 0.15) is 12.7 Å². The van der Waals surface area contributed by atoms with E-state index in [1.807, 2.05) is 32.0 Å². The van der Waals surface area contributed by atoms with Crippen molar-refractivity contribution < 1.29 is 9.26 Å². The molecule has 3 rings (SSSR count). The molecule has 0 bridgehead atoms. The fourth-order valence-electron chi connectivity index (χ4n) is 3.43. The summed E-state index contributed by atoms with van der Waals surface area (Å²) in [6, 6.07) is 27.8. The van der Waals surface area contributed by atoms with Crippen molar-refractivity contribution in [2.24, 2.45) is 5.16 Å². The molecular formula is C26H31NO2Si. The minimum absolute atomic E-state index is 0.214. The average Bonchev–Trinajstić information content (AvgIpc) is 2.74. The van der Waals surface area contributed by atoms with Crippen LogP contribution in [0.2, 0.25) is 6.55 Å². The Morgan fingerprint density at radius 2 is 1.30 bits per heavy atom. The largest absolute Gasteiger partial charge is 0.398 e. The zero-order chi connectivity index (χ0) is 21.6. The van der Waals surface area contributed by atoms with Gasteiger partial charge in [-0.1, -0.05) is 95.1 Å². The van der Waals surface area contributed by atoms with Gasteiger partial charge in [-0.2, -0.15) is 0 Å². The molecule has 1 atom stereocenters. The second kappa shape index (κ2) is 9.87. The SMILES string of the molecule is CC(C)=NOC[C@H](O[Si](C)(c1ccc(C)cc1)c1ccc(C)cc1)c1ccccc1. The molecule has 0 N–H and O–H groups in total. The van der Waals surface area contributed by atoms with Gasteiger partial charge in [-0.05, 0) is 50.2 Å². The Morgan fingerprint density at radius 1 is 0.800 bits per heavy atom. The van der Waals surface area contributed by atoms with Crippen molar-refractivity contribution in [3.63, 3.8) is 0 Å². The van der Waals surface area contributed by atoms with Gasteiger partial charge in [0.05, 0.1) is 5.71 Å². The highest BCUT2D eigenvalue weighted by molar-refractivity contribution is 6.96. The first-order valence-corrected chi connectivity index (χ1v) is 12.8. The van der Waals surface area contributed by atoms with Crippen LogP contribution in [0.25, 0.3) is 0 Å². The van der Waals surface area contributed by atoms with Crippen LogP contribution in [-0.4, -0.2) is 20.6 Å². The smallest absolute Gasteiger partial charge is 0.253 e. The zero-order valence-electron chi connectivity index (χ0n) is 18.6. The second-order valence-corrected chi connectivity index (χ2v) is 11.6. The molecule has 0 heterocycles. The first kappa shape index (κ1) is 22.0. The number of hydrogen-bond acceptors (Lipinski definition) is 3. The predicted octanol–water partition coefficient (Wildman–Crippen LogP) is 5.16. The van der Waals surface area contributed by atoms with E-state index in [9.17, 15) is 0 Å². The van der Waals surface area contributed by atoms with Crippen molar-refractivity contribution in [3.8, 4) is 0 Å². The van der Waals surface area contributed by atoms with Crippen molar-refractivity contribution in [1.82, 2.24) is 0 Å². The van der Waals surface area contributed by atoms with Crippen LogP contribution in [0.1, 0.15) is 36.6 Å². The molecule has 0 radical (unpaired) electrons. The maximum atomic E-state index is 7.00. The lowest BCUT2D eigenvalue weighted by atomic mass is 10.1. The van der Waals surface area contributed by atoms with Gasteiger partial charge in [-0.25, -0.2) is 0 Å². The molecular weight excluding hydrogens is 386 g/mol. The molecule has 0 aliphatic heterocycles. The minimum Gasteiger partial charge on any atom is -0.398 e. The third-order valence-electron chi connectivity index (χ3n) is 5.23. The summed E-state index contributed by atoms with van der Waals surface area (Å²) in [6.45, 7) is 10.7. The van der Waals surface area contributed by atoms with Gasteiger partial charge in [-0.15, -0.1) is 0 Å². The first-order chi connectivity index (χ1) is 14.4.